The van der Waals surface area contributed by atoms with E-state index in [0.717, 1.165) is 22.8 Å². The van der Waals surface area contributed by atoms with Gasteiger partial charge < -0.3 is 197 Å². The van der Waals surface area contributed by atoms with Crippen LogP contribution in [-0.2, 0) is 162 Å². The van der Waals surface area contributed by atoms with E-state index >= 15 is 0 Å². The Morgan fingerprint density at radius 2 is 0.453 bits per heavy atom. The van der Waals surface area contributed by atoms with Gasteiger partial charge in [-0.2, -0.15) is 0 Å². The molecule has 524 valence electrons. The third-order valence-corrected chi connectivity index (χ3v) is 8.36. The van der Waals surface area contributed by atoms with E-state index in [1.807, 2.05) is 0 Å². The van der Waals surface area contributed by atoms with Gasteiger partial charge in [-0.05, 0) is 27.7 Å². The minimum Gasteiger partial charge on any atom is -0.549 e. The summed E-state index contributed by atoms with van der Waals surface area (Å²) in [7, 11) is 0. The van der Waals surface area contributed by atoms with Crippen molar-refractivity contribution in [2.75, 3.05) is 26.2 Å². The molecule has 0 amide bonds. The second-order valence-electron chi connectivity index (χ2n) is 14.0. The van der Waals surface area contributed by atoms with Crippen molar-refractivity contribution in [2.24, 2.45) is 0 Å². The maximum Gasteiger partial charge on any atom is 2.00 e. The number of H-pyrrole nitrogens is 4. The summed E-state index contributed by atoms with van der Waals surface area (Å²) in [5, 5.41) is 104. The maximum atomic E-state index is 11.1. The number of aromatic amines is 4. The number of carbonyl (C=O) groups excluding carboxylic acids is 4. The first kappa shape index (κ1) is 129. The summed E-state index contributed by atoms with van der Waals surface area (Å²) >= 11 is 0. The summed E-state index contributed by atoms with van der Waals surface area (Å²) in [5.74, 6) is -1.96. The number of carbonyl (C=O) groups is 4. The zero-order chi connectivity index (χ0) is 52.0. The van der Waals surface area contributed by atoms with Crippen LogP contribution in [0.4, 0.5) is 0 Å². The van der Waals surface area contributed by atoms with E-state index in [-0.39, 0.29) is 171 Å². The first-order valence-corrected chi connectivity index (χ1v) is 18.7. The molecule has 4 aromatic rings. The topological polar surface area (TPSA) is 1000 Å². The predicted molar refractivity (Wildman–Crippen MR) is 267 cm³/mol. The van der Waals surface area contributed by atoms with Gasteiger partial charge >= 0.3 is 68.3 Å². The average molecular weight is 1480 g/mol. The number of nitrogens with zero attached hydrogens (tertiary/aromatic N) is 12. The van der Waals surface area contributed by atoms with Crippen LogP contribution in [0.1, 0.15) is 68.8 Å². The van der Waals surface area contributed by atoms with Crippen molar-refractivity contribution < 1.29 is 205 Å². The summed E-state index contributed by atoms with van der Waals surface area (Å²) in [6, 6.07) is 0. The maximum absolute atomic E-state index is 11.1. The van der Waals surface area contributed by atoms with Crippen LogP contribution in [0, 0.1) is 89.0 Å². The SMILES string of the molecule is Cc1nc2c([nH]1)CN(CC(=O)[O-])Cc1nc(C)[nH]c1CN(CC(=O)[O-])C2.Cc1nc2c([nH]1)CN(CC(=O)[O-])Cc1nc(C)[nH]c1CN(CC(=O)[O-])C2.O.O.O.O.O.O.O.O.O.O.O=[N+]([O-])[O-].O=[N+]([O-])[O-].O=[N+]([O-])[O-].O=[N+]([O-])[O-].[Cu+2].[Cu+2].[Cu+2].[Cu+2].[OH3+].[OH3+].[OH3+].[OH3+]. The number of imidazole rings is 4. The Kier molecular flexibility index (Phi) is 95.9. The van der Waals surface area contributed by atoms with Crippen LogP contribution in [0.3, 0.4) is 0 Å². The fourth-order valence-corrected chi connectivity index (χ4v) is 6.54. The molecule has 86 heavy (non-hydrogen) atoms. The summed E-state index contributed by atoms with van der Waals surface area (Å²) in [4.78, 5) is 115. The Morgan fingerprint density at radius 3 is 0.558 bits per heavy atom. The Hall–Kier alpha value is -7.12. The second-order valence-corrected chi connectivity index (χ2v) is 14.0. The van der Waals surface area contributed by atoms with Gasteiger partial charge in [0.1, 0.15) is 23.3 Å². The molecule has 6 heterocycles. The molecule has 0 aliphatic carbocycles. The van der Waals surface area contributed by atoms with E-state index in [1.165, 1.54) is 0 Å². The van der Waals surface area contributed by atoms with Crippen LogP contribution in [0.25, 0.3) is 0 Å². The van der Waals surface area contributed by atoms with Gasteiger partial charge in [0.05, 0.1) is 89.8 Å². The molecule has 2 aliphatic heterocycles. The Bertz CT molecular complexity index is 1970. The third-order valence-electron chi connectivity index (χ3n) is 8.36. The van der Waals surface area contributed by atoms with Crippen LogP contribution < -0.4 is 20.4 Å². The molecule has 0 fully saturated rings. The minimum atomic E-state index is -1.75. The van der Waals surface area contributed by atoms with E-state index in [4.69, 9.17) is 61.3 Å². The molecule has 2 aliphatic rings. The van der Waals surface area contributed by atoms with Gasteiger partial charge in [0.25, 0.3) is 0 Å². The molecule has 4 radical (unpaired) electrons. The largest absolute Gasteiger partial charge is 2.00 e. The van der Waals surface area contributed by atoms with Crippen molar-refractivity contribution in [1.29, 1.82) is 0 Å². The molecule has 6 rings (SSSR count). The normalized spacial score (nSPS) is 10.8. The number of carboxylic acids is 4. The van der Waals surface area contributed by atoms with Gasteiger partial charge in [-0.25, -0.2) is 19.9 Å². The van der Waals surface area contributed by atoms with Crippen LogP contribution in [0.5, 0.6) is 0 Å². The van der Waals surface area contributed by atoms with Crippen LogP contribution in [0.2, 0.25) is 0 Å². The molecule has 0 saturated carbocycles. The monoisotopic (exact) mass is 1480 g/mol. The molecule has 0 atom stereocenters. The smallest absolute Gasteiger partial charge is 0.549 e. The van der Waals surface area contributed by atoms with Crippen molar-refractivity contribution in [3.63, 3.8) is 0 Å². The minimum absolute atomic E-state index is 0. The summed E-state index contributed by atoms with van der Waals surface area (Å²) in [5.41, 5.74) is 5.76. The van der Waals surface area contributed by atoms with Crippen molar-refractivity contribution in [1.82, 2.24) is 59.5 Å². The molecule has 0 bridgehead atoms. The number of aromatic nitrogens is 8. The number of rotatable bonds is 8. The van der Waals surface area contributed by atoms with Gasteiger partial charge in [-0.15, -0.1) is 0 Å². The van der Waals surface area contributed by atoms with Crippen molar-refractivity contribution in [3.05, 3.63) is 130 Å². The Morgan fingerprint density at radius 1 is 0.337 bits per heavy atom. The van der Waals surface area contributed by atoms with Crippen LogP contribution in [0.15, 0.2) is 0 Å². The standard InChI is InChI=1S/2C16H22N6O4.4Cu.4NO3.14H2O/c2*1-9-17-11-3-21(7-15(23)24)5-13-14(20-10(2)19-13)6-22(8-16(25)26)4-12(11)18-9;;;;;4*2-1(3)4;;;;;;;;;;;;;;/h2*3-8H2,1-2H3,(H,17,18)(H,19,20)(H,23,24)(H,25,26);;;;;;;;;14*1H2/q;;4*+2;4*-1;;;;;;;;;;;;;;. The number of fused-ring (bicyclic) bond motifs is 4. The van der Waals surface area contributed by atoms with Gasteiger partial charge in [-0.3, -0.25) is 19.6 Å². The van der Waals surface area contributed by atoms with E-state index in [9.17, 15) is 39.6 Å². The molecule has 50 nitrogen and oxygen atoms in total. The molecule has 4 aromatic heterocycles. The molecular weight excluding hydrogens is 1410 g/mol. The van der Waals surface area contributed by atoms with E-state index < -0.39 is 44.2 Å². The zero-order valence-corrected chi connectivity index (χ0v) is 48.3. The van der Waals surface area contributed by atoms with Gasteiger partial charge in [-0.1, -0.05) is 0 Å². The fourth-order valence-electron chi connectivity index (χ4n) is 6.54. The number of hydrogen-bond acceptors (Lipinski definition) is 28. The number of aliphatic carboxylic acids is 4. The van der Waals surface area contributed by atoms with Crippen LogP contribution in [-0.4, -0.2) is 185 Å². The molecule has 0 aromatic carbocycles. The van der Waals surface area contributed by atoms with Crippen LogP contribution >= 0.6 is 0 Å². The third kappa shape index (κ3) is 56.0. The summed E-state index contributed by atoms with van der Waals surface area (Å²) in [6.45, 7) is 8.65. The zero-order valence-electron chi connectivity index (χ0n) is 44.5. The van der Waals surface area contributed by atoms with Crippen molar-refractivity contribution >= 4 is 23.9 Å². The molecular formula is C32H72Cu4N16O34+4. The van der Waals surface area contributed by atoms with E-state index in [1.54, 1.807) is 47.3 Å². The van der Waals surface area contributed by atoms with Gasteiger partial charge in [0.2, 0.25) is 0 Å². The Labute approximate surface area is 522 Å². The van der Waals surface area contributed by atoms with E-state index in [0.29, 0.717) is 98.4 Å². The average Bonchev–Trinajstić information content (AvgIpc) is 3.87. The van der Waals surface area contributed by atoms with Crippen molar-refractivity contribution in [3.8, 4) is 0 Å². The second kappa shape index (κ2) is 63.9. The molecule has 0 unspecified atom stereocenters. The number of hydrogen-bond donors (Lipinski definition) is 4. The molecule has 36 N–H and O–H groups in total. The fraction of sp³-hybridized carbons (Fsp3) is 0.500. The van der Waals surface area contributed by atoms with Gasteiger partial charge in [0, 0.05) is 78.5 Å². The quantitative estimate of drug-likeness (QED) is 0.0551. The molecule has 54 heteroatoms. The molecule has 0 saturated heterocycles. The summed E-state index contributed by atoms with van der Waals surface area (Å²) in [6.07, 6.45) is 0. The first-order valence-electron chi connectivity index (χ1n) is 18.7. The summed E-state index contributed by atoms with van der Waals surface area (Å²) < 4.78 is 0. The number of carboxylic acid groups (broad SMARTS) is 4. The Balaban J connectivity index is -0.0000000459. The number of aryl methyl sites for hydroxylation is 4. The van der Waals surface area contributed by atoms with Crippen molar-refractivity contribution in [2.45, 2.75) is 80.1 Å². The van der Waals surface area contributed by atoms with Gasteiger partial charge in [0.15, 0.2) is 0 Å². The molecule has 0 spiro atoms. The number of nitrogens with one attached hydrogen (secondary N) is 4. The first-order chi connectivity index (χ1) is 31.5. The predicted octanol–water partition coefficient (Wildman–Crippen LogP) is -17.8. The van der Waals surface area contributed by atoms with E-state index in [2.05, 4.69) is 39.9 Å².